The first kappa shape index (κ1) is 14.9. The van der Waals surface area contributed by atoms with Gasteiger partial charge in [-0.1, -0.05) is 30.3 Å². The van der Waals surface area contributed by atoms with Gasteiger partial charge in [-0.25, -0.2) is 4.98 Å². The molecule has 1 aliphatic rings. The second-order valence-corrected chi connectivity index (χ2v) is 6.15. The largest absolute Gasteiger partial charge is 0.394 e. The van der Waals surface area contributed by atoms with E-state index in [-0.39, 0.29) is 18.6 Å². The number of fused-ring (bicyclic) bond motifs is 1. The van der Waals surface area contributed by atoms with Gasteiger partial charge in [0.15, 0.2) is 0 Å². The van der Waals surface area contributed by atoms with E-state index in [9.17, 15) is 9.90 Å². The number of hydrogen-bond acceptors (Lipinski definition) is 3. The third-order valence-corrected chi connectivity index (χ3v) is 4.62. The van der Waals surface area contributed by atoms with Gasteiger partial charge < -0.3 is 14.4 Å². The van der Waals surface area contributed by atoms with Gasteiger partial charge >= 0.3 is 0 Å². The number of aromatic nitrogens is 2. The Morgan fingerprint density at radius 1 is 1.17 bits per heavy atom. The van der Waals surface area contributed by atoms with E-state index in [2.05, 4.69) is 4.98 Å². The van der Waals surface area contributed by atoms with Crippen molar-refractivity contribution in [1.29, 1.82) is 0 Å². The van der Waals surface area contributed by atoms with E-state index in [0.29, 0.717) is 12.1 Å². The lowest BCUT2D eigenvalue weighted by atomic mass is 10.2. The molecule has 0 radical (unpaired) electrons. The Hall–Kier alpha value is -2.66. The van der Waals surface area contributed by atoms with Crippen LogP contribution in [0.1, 0.15) is 23.2 Å². The number of amides is 1. The first-order chi connectivity index (χ1) is 11.8. The Morgan fingerprint density at radius 3 is 2.79 bits per heavy atom. The Kier molecular flexibility index (Phi) is 3.78. The van der Waals surface area contributed by atoms with Gasteiger partial charge in [-0.2, -0.15) is 0 Å². The smallest absolute Gasteiger partial charge is 0.255 e. The van der Waals surface area contributed by atoms with Crippen molar-refractivity contribution in [2.75, 3.05) is 13.2 Å². The van der Waals surface area contributed by atoms with E-state index in [1.54, 1.807) is 4.90 Å². The van der Waals surface area contributed by atoms with Crippen molar-refractivity contribution in [2.45, 2.75) is 18.9 Å². The summed E-state index contributed by atoms with van der Waals surface area (Å²) in [6.07, 6.45) is 5.58. The fraction of sp³-hybridized carbons (Fsp3) is 0.263. The average Bonchev–Trinajstić information content (AvgIpc) is 3.27. The third-order valence-electron chi connectivity index (χ3n) is 4.62. The molecule has 3 aromatic rings. The summed E-state index contributed by atoms with van der Waals surface area (Å²) in [4.78, 5) is 19.1. The number of likely N-dealkylation sites (tertiary alicyclic amines) is 1. The molecule has 1 aliphatic heterocycles. The van der Waals surface area contributed by atoms with Gasteiger partial charge in [0.25, 0.3) is 5.91 Å². The summed E-state index contributed by atoms with van der Waals surface area (Å²) in [5.41, 5.74) is 3.37. The maximum absolute atomic E-state index is 12.7. The molecule has 0 aliphatic carbocycles. The predicted molar refractivity (Wildman–Crippen MR) is 91.8 cm³/mol. The number of carbonyl (C=O) groups is 1. The van der Waals surface area contributed by atoms with Crippen molar-refractivity contribution in [3.05, 3.63) is 60.4 Å². The molecule has 3 heterocycles. The molecular weight excluding hydrogens is 302 g/mol. The number of carbonyl (C=O) groups excluding carboxylic acids is 1. The number of hydrogen-bond donors (Lipinski definition) is 1. The normalized spacial score (nSPS) is 17.5. The number of nitrogens with zero attached hydrogens (tertiary/aromatic N) is 3. The van der Waals surface area contributed by atoms with Gasteiger partial charge in [-0.05, 0) is 25.0 Å². The van der Waals surface area contributed by atoms with Crippen LogP contribution in [-0.4, -0.2) is 44.5 Å². The molecule has 1 aromatic carbocycles. The predicted octanol–water partition coefficient (Wildman–Crippen LogP) is 2.60. The highest BCUT2D eigenvalue weighted by Crippen LogP contribution is 2.22. The van der Waals surface area contributed by atoms with E-state index in [0.717, 1.165) is 29.7 Å². The minimum Gasteiger partial charge on any atom is -0.394 e. The highest BCUT2D eigenvalue weighted by Gasteiger charge is 2.28. The minimum atomic E-state index is -0.0594. The number of aliphatic hydroxyl groups is 1. The second-order valence-electron chi connectivity index (χ2n) is 6.15. The van der Waals surface area contributed by atoms with Crippen LogP contribution in [0.2, 0.25) is 0 Å². The Morgan fingerprint density at radius 2 is 2.00 bits per heavy atom. The first-order valence-corrected chi connectivity index (χ1v) is 8.22. The number of aliphatic hydroxyl groups excluding tert-OH is 1. The van der Waals surface area contributed by atoms with E-state index < -0.39 is 0 Å². The third kappa shape index (κ3) is 2.57. The molecule has 122 valence electrons. The van der Waals surface area contributed by atoms with Crippen LogP contribution >= 0.6 is 0 Å². The zero-order chi connectivity index (χ0) is 16.5. The molecule has 5 heteroatoms. The lowest BCUT2D eigenvalue weighted by Gasteiger charge is -2.23. The van der Waals surface area contributed by atoms with Gasteiger partial charge in [0.1, 0.15) is 5.65 Å². The molecular formula is C19H19N3O2. The fourth-order valence-corrected chi connectivity index (χ4v) is 3.33. The van der Waals surface area contributed by atoms with Gasteiger partial charge in [-0.3, -0.25) is 4.79 Å². The van der Waals surface area contributed by atoms with E-state index in [1.807, 2.05) is 59.3 Å². The summed E-state index contributed by atoms with van der Waals surface area (Å²) >= 11 is 0. The summed E-state index contributed by atoms with van der Waals surface area (Å²) in [5.74, 6) is -0.0246. The maximum atomic E-state index is 12.7. The van der Waals surface area contributed by atoms with Crippen LogP contribution in [0, 0.1) is 0 Å². The van der Waals surface area contributed by atoms with Crippen LogP contribution < -0.4 is 0 Å². The second kappa shape index (κ2) is 6.09. The minimum absolute atomic E-state index is 0.0246. The van der Waals surface area contributed by atoms with Gasteiger partial charge in [-0.15, -0.1) is 0 Å². The molecule has 1 N–H and O–H groups in total. The van der Waals surface area contributed by atoms with Crippen LogP contribution in [0.5, 0.6) is 0 Å². The fourth-order valence-electron chi connectivity index (χ4n) is 3.33. The molecule has 1 atom stereocenters. The summed E-state index contributed by atoms with van der Waals surface area (Å²) < 4.78 is 1.89. The average molecular weight is 321 g/mol. The van der Waals surface area contributed by atoms with E-state index in [1.165, 1.54) is 0 Å². The molecule has 0 saturated carbocycles. The van der Waals surface area contributed by atoms with Gasteiger partial charge in [0, 0.05) is 24.5 Å². The Bertz CT molecular complexity index is 873. The van der Waals surface area contributed by atoms with Crippen molar-refractivity contribution < 1.29 is 9.90 Å². The van der Waals surface area contributed by atoms with Crippen molar-refractivity contribution in [1.82, 2.24) is 14.3 Å². The molecule has 5 nitrogen and oxygen atoms in total. The van der Waals surface area contributed by atoms with Crippen LogP contribution in [0.4, 0.5) is 0 Å². The Balaban J connectivity index is 1.67. The monoisotopic (exact) mass is 321 g/mol. The van der Waals surface area contributed by atoms with Crippen LogP contribution in [0.15, 0.2) is 54.9 Å². The zero-order valence-corrected chi connectivity index (χ0v) is 13.3. The lowest BCUT2D eigenvalue weighted by Crippen LogP contribution is -2.37. The molecule has 1 saturated heterocycles. The lowest BCUT2D eigenvalue weighted by molar-refractivity contribution is 0.0677. The molecule has 1 amide bonds. The topological polar surface area (TPSA) is 57.8 Å². The number of rotatable bonds is 3. The molecule has 0 spiro atoms. The number of imidazole rings is 1. The summed E-state index contributed by atoms with van der Waals surface area (Å²) in [6, 6.07) is 13.6. The Labute approximate surface area is 140 Å². The van der Waals surface area contributed by atoms with Crippen molar-refractivity contribution in [3.8, 4) is 11.3 Å². The zero-order valence-electron chi connectivity index (χ0n) is 13.3. The van der Waals surface area contributed by atoms with Crippen LogP contribution in [-0.2, 0) is 0 Å². The van der Waals surface area contributed by atoms with Gasteiger partial charge in [0.2, 0.25) is 0 Å². The van der Waals surface area contributed by atoms with E-state index in [4.69, 9.17) is 0 Å². The summed E-state index contributed by atoms with van der Waals surface area (Å²) in [5, 5.41) is 9.42. The molecule has 2 aromatic heterocycles. The first-order valence-electron chi connectivity index (χ1n) is 8.22. The highest BCUT2D eigenvalue weighted by molar-refractivity contribution is 5.94. The number of benzene rings is 1. The standard InChI is InChI=1S/C19H19N3O2/c23-13-16-7-4-10-22(16)19(24)15-8-9-18-20-17(12-21(18)11-15)14-5-2-1-3-6-14/h1-3,5-6,8-9,11-12,16,23H,4,7,10,13H2/t16-/m0/s1. The molecule has 1 fully saturated rings. The van der Waals surface area contributed by atoms with Gasteiger partial charge in [0.05, 0.1) is 23.9 Å². The number of pyridine rings is 1. The van der Waals surface area contributed by atoms with E-state index >= 15 is 0 Å². The van der Waals surface area contributed by atoms with Crippen molar-refractivity contribution in [3.63, 3.8) is 0 Å². The molecule has 0 unspecified atom stereocenters. The van der Waals surface area contributed by atoms with Crippen molar-refractivity contribution in [2.24, 2.45) is 0 Å². The maximum Gasteiger partial charge on any atom is 0.255 e. The highest BCUT2D eigenvalue weighted by atomic mass is 16.3. The quantitative estimate of drug-likeness (QED) is 0.807. The van der Waals surface area contributed by atoms with Crippen LogP contribution in [0.25, 0.3) is 16.9 Å². The molecule has 24 heavy (non-hydrogen) atoms. The SMILES string of the molecule is O=C(c1ccc2nc(-c3ccccc3)cn2c1)N1CCC[C@H]1CO. The van der Waals surface area contributed by atoms with Crippen LogP contribution in [0.3, 0.4) is 0 Å². The summed E-state index contributed by atoms with van der Waals surface area (Å²) in [7, 11) is 0. The molecule has 0 bridgehead atoms. The summed E-state index contributed by atoms with van der Waals surface area (Å²) in [6.45, 7) is 0.735. The van der Waals surface area contributed by atoms with Crippen molar-refractivity contribution >= 4 is 11.6 Å². The molecule has 4 rings (SSSR count).